The molecule has 0 aliphatic heterocycles. The van der Waals surface area contributed by atoms with Crippen molar-refractivity contribution < 1.29 is 0 Å². The van der Waals surface area contributed by atoms with Gasteiger partial charge in [0.2, 0.25) is 0 Å². The molecule has 0 saturated heterocycles. The molecule has 0 unspecified atom stereocenters. The van der Waals surface area contributed by atoms with E-state index in [0.29, 0.717) is 15.7 Å². The van der Waals surface area contributed by atoms with Crippen molar-refractivity contribution in [2.75, 3.05) is 5.73 Å². The summed E-state index contributed by atoms with van der Waals surface area (Å²) < 4.78 is 0. The van der Waals surface area contributed by atoms with E-state index in [9.17, 15) is 0 Å². The van der Waals surface area contributed by atoms with Gasteiger partial charge in [-0.15, -0.1) is 0 Å². The van der Waals surface area contributed by atoms with Gasteiger partial charge in [0.05, 0.1) is 10.7 Å². The minimum absolute atomic E-state index is 0.0390. The van der Waals surface area contributed by atoms with Crippen LogP contribution in [0.3, 0.4) is 0 Å². The lowest BCUT2D eigenvalue weighted by atomic mass is 9.83. The third-order valence-electron chi connectivity index (χ3n) is 2.26. The first-order valence-electron chi connectivity index (χ1n) is 4.49. The van der Waals surface area contributed by atoms with Gasteiger partial charge in [-0.2, -0.15) is 0 Å². The Hall–Kier alpha value is -0.400. The van der Waals surface area contributed by atoms with Gasteiger partial charge in [0.15, 0.2) is 0 Å². The van der Waals surface area contributed by atoms with Crippen molar-refractivity contribution in [2.45, 2.75) is 33.1 Å². The normalized spacial score (nSPS) is 11.9. The highest BCUT2D eigenvalue weighted by atomic mass is 35.5. The van der Waals surface area contributed by atoms with Crippen LogP contribution in [0.15, 0.2) is 6.07 Å². The van der Waals surface area contributed by atoms with Crippen LogP contribution in [0, 0.1) is 6.92 Å². The lowest BCUT2D eigenvalue weighted by molar-refractivity contribution is 0.588. The fourth-order valence-electron chi connectivity index (χ4n) is 1.70. The van der Waals surface area contributed by atoms with Gasteiger partial charge in [-0.05, 0) is 29.5 Å². The molecule has 1 aromatic rings. The van der Waals surface area contributed by atoms with Gasteiger partial charge < -0.3 is 5.73 Å². The van der Waals surface area contributed by atoms with Crippen molar-refractivity contribution in [3.8, 4) is 0 Å². The maximum atomic E-state index is 6.06. The van der Waals surface area contributed by atoms with Gasteiger partial charge in [0, 0.05) is 5.02 Å². The van der Waals surface area contributed by atoms with Gasteiger partial charge in [-0.3, -0.25) is 0 Å². The molecule has 0 radical (unpaired) electrons. The summed E-state index contributed by atoms with van der Waals surface area (Å²) in [5.74, 6) is 0. The first-order chi connectivity index (χ1) is 6.25. The second kappa shape index (κ2) is 3.63. The molecule has 0 spiro atoms. The average Bonchev–Trinajstić information content (AvgIpc) is 1.98. The molecule has 78 valence electrons. The number of nitrogens with two attached hydrogens (primary N) is 1. The van der Waals surface area contributed by atoms with Crippen LogP contribution in [0.1, 0.15) is 31.9 Å². The second-order valence-corrected chi connectivity index (χ2v) is 5.32. The quantitative estimate of drug-likeness (QED) is 0.667. The molecular formula is C11H15Cl2N. The molecular weight excluding hydrogens is 217 g/mol. The van der Waals surface area contributed by atoms with Crippen LogP contribution in [-0.2, 0) is 5.41 Å². The lowest BCUT2D eigenvalue weighted by Crippen LogP contribution is -2.16. The number of nitrogen functional groups attached to an aromatic ring is 1. The smallest absolute Gasteiger partial charge is 0.0653 e. The van der Waals surface area contributed by atoms with E-state index in [1.54, 1.807) is 6.07 Å². The largest absolute Gasteiger partial charge is 0.397 e. The van der Waals surface area contributed by atoms with Gasteiger partial charge in [0.25, 0.3) is 0 Å². The molecule has 0 heterocycles. The zero-order chi connectivity index (χ0) is 11.1. The Balaban J connectivity index is 3.56. The Labute approximate surface area is 95.2 Å². The Morgan fingerprint density at radius 2 is 1.64 bits per heavy atom. The van der Waals surface area contributed by atoms with Crippen LogP contribution in [0.2, 0.25) is 10.0 Å². The van der Waals surface area contributed by atoms with Crippen LogP contribution in [-0.4, -0.2) is 0 Å². The van der Waals surface area contributed by atoms with Crippen molar-refractivity contribution in [2.24, 2.45) is 0 Å². The summed E-state index contributed by atoms with van der Waals surface area (Å²) in [5.41, 5.74) is 8.60. The molecule has 14 heavy (non-hydrogen) atoms. The van der Waals surface area contributed by atoms with E-state index in [1.807, 2.05) is 6.92 Å². The van der Waals surface area contributed by atoms with E-state index in [1.165, 1.54) is 0 Å². The highest BCUT2D eigenvalue weighted by molar-refractivity contribution is 6.37. The van der Waals surface area contributed by atoms with Crippen LogP contribution in [0.4, 0.5) is 5.69 Å². The molecule has 2 N–H and O–H groups in total. The van der Waals surface area contributed by atoms with Crippen molar-refractivity contribution >= 4 is 28.9 Å². The van der Waals surface area contributed by atoms with Gasteiger partial charge in [0.1, 0.15) is 0 Å². The lowest BCUT2D eigenvalue weighted by Gasteiger charge is -2.25. The van der Waals surface area contributed by atoms with Gasteiger partial charge in [-0.25, -0.2) is 0 Å². The molecule has 0 aliphatic rings. The van der Waals surface area contributed by atoms with E-state index in [0.717, 1.165) is 11.1 Å². The van der Waals surface area contributed by atoms with Gasteiger partial charge in [-0.1, -0.05) is 44.0 Å². The Morgan fingerprint density at radius 1 is 1.14 bits per heavy atom. The number of anilines is 1. The third kappa shape index (κ3) is 1.99. The topological polar surface area (TPSA) is 26.0 Å². The molecule has 0 saturated carbocycles. The average molecular weight is 232 g/mol. The van der Waals surface area contributed by atoms with E-state index < -0.39 is 0 Å². The van der Waals surface area contributed by atoms with Crippen LogP contribution in [0.5, 0.6) is 0 Å². The molecule has 0 fully saturated rings. The highest BCUT2D eigenvalue weighted by Gasteiger charge is 2.22. The fourth-order valence-corrected chi connectivity index (χ4v) is 2.17. The minimum atomic E-state index is -0.0390. The molecule has 1 rings (SSSR count). The van der Waals surface area contributed by atoms with Crippen molar-refractivity contribution in [1.82, 2.24) is 0 Å². The predicted molar refractivity (Wildman–Crippen MR) is 64.3 cm³/mol. The molecule has 0 atom stereocenters. The van der Waals surface area contributed by atoms with Crippen LogP contribution in [0.25, 0.3) is 0 Å². The summed E-state index contributed by atoms with van der Waals surface area (Å²) in [5, 5.41) is 1.21. The first-order valence-corrected chi connectivity index (χ1v) is 5.25. The molecule has 0 aromatic heterocycles. The van der Waals surface area contributed by atoms with Crippen molar-refractivity contribution in [3.05, 3.63) is 27.2 Å². The highest BCUT2D eigenvalue weighted by Crippen LogP contribution is 2.38. The Morgan fingerprint density at radius 3 is 2.07 bits per heavy atom. The van der Waals surface area contributed by atoms with Crippen LogP contribution >= 0.6 is 23.2 Å². The number of halogens is 2. The monoisotopic (exact) mass is 231 g/mol. The van der Waals surface area contributed by atoms with E-state index >= 15 is 0 Å². The molecule has 0 aliphatic carbocycles. The summed E-state index contributed by atoms with van der Waals surface area (Å²) >= 11 is 12.0. The van der Waals surface area contributed by atoms with Gasteiger partial charge >= 0.3 is 0 Å². The molecule has 0 amide bonds. The summed E-state index contributed by atoms with van der Waals surface area (Å²) in [6, 6.07) is 1.70. The van der Waals surface area contributed by atoms with E-state index in [4.69, 9.17) is 28.9 Å². The van der Waals surface area contributed by atoms with E-state index in [2.05, 4.69) is 20.8 Å². The summed E-state index contributed by atoms with van der Waals surface area (Å²) in [6.07, 6.45) is 0. The first kappa shape index (κ1) is 11.7. The number of hydrogen-bond acceptors (Lipinski definition) is 1. The second-order valence-electron chi connectivity index (χ2n) is 4.50. The zero-order valence-corrected chi connectivity index (χ0v) is 10.4. The molecule has 1 aromatic carbocycles. The molecule has 3 heteroatoms. The molecule has 0 bridgehead atoms. The predicted octanol–water partition coefficient (Wildman–Crippen LogP) is 4.18. The SMILES string of the molecule is Cc1c(Cl)cc(Cl)c(N)c1C(C)(C)C. The number of benzene rings is 1. The Kier molecular flexibility index (Phi) is 3.03. The minimum Gasteiger partial charge on any atom is -0.397 e. The van der Waals surface area contributed by atoms with Crippen molar-refractivity contribution in [1.29, 1.82) is 0 Å². The van der Waals surface area contributed by atoms with Crippen molar-refractivity contribution in [3.63, 3.8) is 0 Å². The molecule has 1 nitrogen and oxygen atoms in total. The maximum Gasteiger partial charge on any atom is 0.0653 e. The standard InChI is InChI=1S/C11H15Cl2N/c1-6-7(12)5-8(13)10(14)9(6)11(2,3)4/h5H,14H2,1-4H3. The summed E-state index contributed by atoms with van der Waals surface area (Å²) in [7, 11) is 0. The fraction of sp³-hybridized carbons (Fsp3) is 0.455. The number of rotatable bonds is 0. The summed E-state index contributed by atoms with van der Waals surface area (Å²) in [6.45, 7) is 8.25. The zero-order valence-electron chi connectivity index (χ0n) is 8.91. The maximum absolute atomic E-state index is 6.06. The Bertz CT molecular complexity index is 338. The summed E-state index contributed by atoms with van der Waals surface area (Å²) in [4.78, 5) is 0. The number of hydrogen-bond donors (Lipinski definition) is 1. The van der Waals surface area contributed by atoms with E-state index in [-0.39, 0.29) is 5.41 Å². The third-order valence-corrected chi connectivity index (χ3v) is 2.97. The van der Waals surface area contributed by atoms with Crippen LogP contribution < -0.4 is 5.73 Å².